The van der Waals surface area contributed by atoms with Gasteiger partial charge in [-0.25, -0.2) is 0 Å². The minimum atomic E-state index is -0.0175. The number of aryl methyl sites for hydroxylation is 3. The van der Waals surface area contributed by atoms with Gasteiger partial charge in [0.1, 0.15) is 0 Å². The van der Waals surface area contributed by atoms with E-state index in [4.69, 9.17) is 0 Å². The van der Waals surface area contributed by atoms with Crippen molar-refractivity contribution in [3.8, 4) is 11.4 Å². The van der Waals surface area contributed by atoms with Crippen LogP contribution in [0.15, 0.2) is 47.6 Å². The predicted molar refractivity (Wildman–Crippen MR) is 118 cm³/mol. The third-order valence-electron chi connectivity index (χ3n) is 5.15. The molecule has 0 saturated heterocycles. The third kappa shape index (κ3) is 4.53. The molecule has 29 heavy (non-hydrogen) atoms. The second-order valence-corrected chi connectivity index (χ2v) is 8.44. The van der Waals surface area contributed by atoms with Gasteiger partial charge in [-0.2, -0.15) is 0 Å². The van der Waals surface area contributed by atoms with Crippen molar-refractivity contribution >= 4 is 23.4 Å². The zero-order chi connectivity index (χ0) is 20.2. The second-order valence-electron chi connectivity index (χ2n) is 7.50. The lowest BCUT2D eigenvalue weighted by atomic mass is 10.1. The molecule has 4 rings (SSSR count). The van der Waals surface area contributed by atoms with E-state index in [9.17, 15) is 4.79 Å². The molecule has 2 aromatic carbocycles. The first-order valence-electron chi connectivity index (χ1n) is 10.2. The quantitative estimate of drug-likeness (QED) is 0.568. The Morgan fingerprint density at radius 3 is 2.83 bits per heavy atom. The smallest absolute Gasteiger partial charge is 0.234 e. The first kappa shape index (κ1) is 19.7. The molecule has 1 N–H and O–H groups in total. The molecule has 0 saturated carbocycles. The maximum Gasteiger partial charge on any atom is 0.234 e. The van der Waals surface area contributed by atoms with Crippen molar-refractivity contribution in [2.75, 3.05) is 11.1 Å². The normalized spacial score (nSPS) is 12.8. The monoisotopic (exact) mass is 406 g/mol. The molecule has 5 nitrogen and oxygen atoms in total. The zero-order valence-corrected chi connectivity index (χ0v) is 17.8. The van der Waals surface area contributed by atoms with Crippen LogP contribution >= 0.6 is 11.8 Å². The van der Waals surface area contributed by atoms with Crippen molar-refractivity contribution in [1.82, 2.24) is 14.8 Å². The standard InChI is InChI=1S/C23H26N4OS/c1-3-12-27-22(19-9-4-6-16(2)13-19)25-26-23(27)29-15-21(28)24-20-11-10-17-7-5-8-18(17)14-20/h4,6,9-11,13-14H,3,5,7-8,12,15H2,1-2H3,(H,24,28). The highest BCUT2D eigenvalue weighted by Gasteiger charge is 2.16. The summed E-state index contributed by atoms with van der Waals surface area (Å²) in [6.07, 6.45) is 4.44. The van der Waals surface area contributed by atoms with Crippen LogP contribution in [0.4, 0.5) is 5.69 Å². The van der Waals surface area contributed by atoms with E-state index < -0.39 is 0 Å². The molecular formula is C23H26N4OS. The molecule has 0 radical (unpaired) electrons. The van der Waals surface area contributed by atoms with Crippen molar-refractivity contribution in [2.45, 2.75) is 51.2 Å². The number of benzene rings is 2. The van der Waals surface area contributed by atoms with Crippen LogP contribution < -0.4 is 5.32 Å². The number of amides is 1. The van der Waals surface area contributed by atoms with Gasteiger partial charge in [-0.15, -0.1) is 10.2 Å². The van der Waals surface area contributed by atoms with Gasteiger partial charge in [-0.05, 0) is 61.9 Å². The first-order valence-corrected chi connectivity index (χ1v) is 11.2. The number of anilines is 1. The molecule has 1 amide bonds. The summed E-state index contributed by atoms with van der Waals surface area (Å²) in [5, 5.41) is 12.6. The summed E-state index contributed by atoms with van der Waals surface area (Å²) in [7, 11) is 0. The third-order valence-corrected chi connectivity index (χ3v) is 6.12. The van der Waals surface area contributed by atoms with Crippen molar-refractivity contribution in [3.63, 3.8) is 0 Å². The average molecular weight is 407 g/mol. The molecule has 0 unspecified atom stereocenters. The molecule has 1 aliphatic rings. The van der Waals surface area contributed by atoms with Crippen LogP contribution in [-0.2, 0) is 24.2 Å². The molecule has 150 valence electrons. The van der Waals surface area contributed by atoms with Gasteiger partial charge in [-0.3, -0.25) is 4.79 Å². The number of rotatable bonds is 7. The Morgan fingerprint density at radius 1 is 1.14 bits per heavy atom. The van der Waals surface area contributed by atoms with Crippen molar-refractivity contribution in [3.05, 3.63) is 59.2 Å². The average Bonchev–Trinajstić information content (AvgIpc) is 3.33. The SMILES string of the molecule is CCCn1c(SCC(=O)Nc2ccc3c(c2)CCC3)nnc1-c1cccc(C)c1. The highest BCUT2D eigenvalue weighted by molar-refractivity contribution is 7.99. The van der Waals surface area contributed by atoms with E-state index in [2.05, 4.69) is 64.3 Å². The van der Waals surface area contributed by atoms with E-state index in [0.29, 0.717) is 5.75 Å². The number of nitrogens with one attached hydrogen (secondary N) is 1. The molecule has 3 aromatic rings. The van der Waals surface area contributed by atoms with Gasteiger partial charge in [0.15, 0.2) is 11.0 Å². The zero-order valence-electron chi connectivity index (χ0n) is 16.9. The predicted octanol–water partition coefficient (Wildman–Crippen LogP) is 4.88. The summed E-state index contributed by atoms with van der Waals surface area (Å²) in [5.74, 6) is 1.15. The highest BCUT2D eigenvalue weighted by Crippen LogP contribution is 2.27. The fraction of sp³-hybridized carbons (Fsp3) is 0.348. The molecule has 1 heterocycles. The van der Waals surface area contributed by atoms with Crippen LogP contribution in [0.1, 0.15) is 36.5 Å². The second kappa shape index (κ2) is 8.82. The minimum absolute atomic E-state index is 0.0175. The Hall–Kier alpha value is -2.60. The van der Waals surface area contributed by atoms with Gasteiger partial charge in [-0.1, -0.05) is 48.5 Å². The molecule has 0 bridgehead atoms. The lowest BCUT2D eigenvalue weighted by Crippen LogP contribution is -2.15. The number of fused-ring (bicyclic) bond motifs is 1. The molecule has 0 fully saturated rings. The number of carbonyl (C=O) groups is 1. The van der Waals surface area contributed by atoms with Gasteiger partial charge < -0.3 is 9.88 Å². The largest absolute Gasteiger partial charge is 0.325 e. The maximum absolute atomic E-state index is 12.5. The summed E-state index contributed by atoms with van der Waals surface area (Å²) >= 11 is 1.44. The fourth-order valence-corrected chi connectivity index (χ4v) is 4.56. The first-order chi connectivity index (χ1) is 14.1. The Balaban J connectivity index is 1.44. The molecule has 0 spiro atoms. The Kier molecular flexibility index (Phi) is 6.00. The Bertz CT molecular complexity index is 1030. The van der Waals surface area contributed by atoms with Crippen molar-refractivity contribution < 1.29 is 4.79 Å². The topological polar surface area (TPSA) is 59.8 Å². The molecule has 1 aliphatic carbocycles. The number of thioether (sulfide) groups is 1. The number of hydrogen-bond donors (Lipinski definition) is 1. The Morgan fingerprint density at radius 2 is 2.00 bits per heavy atom. The molecule has 6 heteroatoms. The van der Waals surface area contributed by atoms with Crippen LogP contribution in [0.5, 0.6) is 0 Å². The van der Waals surface area contributed by atoms with Crippen LogP contribution in [-0.4, -0.2) is 26.4 Å². The van der Waals surface area contributed by atoms with E-state index in [1.807, 2.05) is 12.1 Å². The lowest BCUT2D eigenvalue weighted by Gasteiger charge is -2.10. The maximum atomic E-state index is 12.5. The molecule has 0 aliphatic heterocycles. The van der Waals surface area contributed by atoms with Crippen molar-refractivity contribution in [2.24, 2.45) is 0 Å². The van der Waals surface area contributed by atoms with Crippen LogP contribution in [0.25, 0.3) is 11.4 Å². The number of carbonyl (C=O) groups excluding carboxylic acids is 1. The van der Waals surface area contributed by atoms with Crippen LogP contribution in [0.3, 0.4) is 0 Å². The number of nitrogens with zero attached hydrogens (tertiary/aromatic N) is 3. The van der Waals surface area contributed by atoms with E-state index in [1.54, 1.807) is 0 Å². The summed E-state index contributed by atoms with van der Waals surface area (Å²) in [5.41, 5.74) is 5.90. The van der Waals surface area contributed by atoms with Gasteiger partial charge in [0, 0.05) is 17.8 Å². The molecular weight excluding hydrogens is 380 g/mol. The summed E-state index contributed by atoms with van der Waals surface area (Å²) in [6, 6.07) is 14.5. The minimum Gasteiger partial charge on any atom is -0.325 e. The van der Waals surface area contributed by atoms with Gasteiger partial charge >= 0.3 is 0 Å². The van der Waals surface area contributed by atoms with E-state index in [-0.39, 0.29) is 5.91 Å². The van der Waals surface area contributed by atoms with E-state index >= 15 is 0 Å². The van der Waals surface area contributed by atoms with Crippen molar-refractivity contribution in [1.29, 1.82) is 0 Å². The summed E-state index contributed by atoms with van der Waals surface area (Å²) < 4.78 is 2.11. The number of hydrogen-bond acceptors (Lipinski definition) is 4. The summed E-state index contributed by atoms with van der Waals surface area (Å²) in [4.78, 5) is 12.5. The van der Waals surface area contributed by atoms with Gasteiger partial charge in [0.25, 0.3) is 0 Å². The molecule has 0 atom stereocenters. The van der Waals surface area contributed by atoms with Crippen LogP contribution in [0.2, 0.25) is 0 Å². The highest BCUT2D eigenvalue weighted by atomic mass is 32.2. The van der Waals surface area contributed by atoms with Crippen LogP contribution in [0, 0.1) is 6.92 Å². The fourth-order valence-electron chi connectivity index (χ4n) is 3.80. The lowest BCUT2D eigenvalue weighted by molar-refractivity contribution is -0.113. The van der Waals surface area contributed by atoms with E-state index in [0.717, 1.165) is 48.0 Å². The van der Waals surface area contributed by atoms with Gasteiger partial charge in [0.2, 0.25) is 5.91 Å². The molecule has 1 aromatic heterocycles. The van der Waals surface area contributed by atoms with E-state index in [1.165, 1.54) is 34.9 Å². The van der Waals surface area contributed by atoms with Gasteiger partial charge in [0.05, 0.1) is 5.75 Å². The number of aromatic nitrogens is 3. The Labute approximate surface area is 175 Å². The summed E-state index contributed by atoms with van der Waals surface area (Å²) in [6.45, 7) is 5.03.